The van der Waals surface area contributed by atoms with Gasteiger partial charge in [-0.1, -0.05) is 0 Å². The van der Waals surface area contributed by atoms with Gasteiger partial charge in [0.2, 0.25) is 0 Å². The second kappa shape index (κ2) is 6.21. The molecule has 1 atom stereocenters. The number of aromatic nitrogens is 2. The summed E-state index contributed by atoms with van der Waals surface area (Å²) in [5.74, 6) is -4.09. The Kier molecular flexibility index (Phi) is 4.01. The summed E-state index contributed by atoms with van der Waals surface area (Å²) >= 11 is 1.11. The quantitative estimate of drug-likeness (QED) is 0.535. The average Bonchev–Trinajstić information content (AvgIpc) is 3.41. The molecule has 0 spiro atoms. The summed E-state index contributed by atoms with van der Waals surface area (Å²) in [5, 5.41) is 9.97. The van der Waals surface area contributed by atoms with E-state index in [2.05, 4.69) is 4.98 Å². The van der Waals surface area contributed by atoms with Crippen LogP contribution in [0.4, 0.5) is 18.9 Å². The zero-order chi connectivity index (χ0) is 21.5. The fraction of sp³-hybridized carbons (Fsp3) is 0.400. The topological polar surface area (TPSA) is 101 Å². The van der Waals surface area contributed by atoms with E-state index in [9.17, 15) is 23.5 Å². The van der Waals surface area contributed by atoms with Crippen molar-refractivity contribution in [2.75, 3.05) is 5.73 Å². The molecule has 30 heavy (non-hydrogen) atoms. The molecule has 158 valence electrons. The van der Waals surface area contributed by atoms with Crippen molar-refractivity contribution < 1.29 is 18.3 Å². The van der Waals surface area contributed by atoms with Gasteiger partial charge in [0, 0.05) is 33.3 Å². The maximum atomic E-state index is 15.4. The van der Waals surface area contributed by atoms with E-state index in [1.165, 1.54) is 10.6 Å². The van der Waals surface area contributed by atoms with E-state index < -0.39 is 41.2 Å². The minimum absolute atomic E-state index is 0.0642. The third-order valence-corrected chi connectivity index (χ3v) is 7.21. The normalized spacial score (nSPS) is 20.5. The van der Waals surface area contributed by atoms with Crippen molar-refractivity contribution in [3.8, 4) is 10.4 Å². The minimum Gasteiger partial charge on any atom is -0.396 e. The summed E-state index contributed by atoms with van der Waals surface area (Å²) in [7, 11) is 0. The third kappa shape index (κ3) is 2.59. The number of fused-ring (bicyclic) bond motifs is 2. The molecule has 4 N–H and O–H groups in total. The van der Waals surface area contributed by atoms with Crippen LogP contribution in [0.5, 0.6) is 0 Å². The van der Waals surface area contributed by atoms with E-state index >= 15 is 4.39 Å². The van der Waals surface area contributed by atoms with Gasteiger partial charge in [0.1, 0.15) is 6.10 Å². The Morgan fingerprint density at radius 2 is 2.03 bits per heavy atom. The molecular weight excluding hydrogens is 419 g/mol. The van der Waals surface area contributed by atoms with Gasteiger partial charge < -0.3 is 10.8 Å². The fourth-order valence-electron chi connectivity index (χ4n) is 4.31. The molecule has 1 unspecified atom stereocenters. The molecule has 3 aromatic rings. The Labute approximate surface area is 171 Å². The van der Waals surface area contributed by atoms with E-state index in [0.717, 1.165) is 24.2 Å². The molecule has 6 nitrogen and oxygen atoms in total. The lowest BCUT2D eigenvalue weighted by Crippen LogP contribution is -2.31. The number of nitrogen functional groups attached to an aromatic ring is 1. The summed E-state index contributed by atoms with van der Waals surface area (Å²) in [6.07, 6.45) is -0.872. The number of benzene rings is 1. The molecule has 0 aliphatic heterocycles. The van der Waals surface area contributed by atoms with Crippen LogP contribution in [0.15, 0.2) is 15.7 Å². The zero-order valence-corrected chi connectivity index (χ0v) is 16.7. The highest BCUT2D eigenvalue weighted by molar-refractivity contribution is 7.15. The van der Waals surface area contributed by atoms with Crippen LogP contribution >= 0.6 is 11.3 Å². The van der Waals surface area contributed by atoms with Crippen LogP contribution in [-0.2, 0) is 6.42 Å². The smallest absolute Gasteiger partial charge is 0.329 e. The Balaban J connectivity index is 1.83. The predicted octanol–water partition coefficient (Wildman–Crippen LogP) is 3.40. The fourth-order valence-corrected chi connectivity index (χ4v) is 5.59. The van der Waals surface area contributed by atoms with E-state index in [4.69, 9.17) is 5.73 Å². The van der Waals surface area contributed by atoms with Gasteiger partial charge in [-0.3, -0.25) is 14.3 Å². The van der Waals surface area contributed by atoms with Crippen molar-refractivity contribution in [2.24, 2.45) is 0 Å². The summed E-state index contributed by atoms with van der Waals surface area (Å²) in [5.41, 5.74) is 4.98. The largest absolute Gasteiger partial charge is 0.396 e. The van der Waals surface area contributed by atoms with Gasteiger partial charge in [-0.15, -0.1) is 11.3 Å². The molecule has 2 aliphatic rings. The molecule has 0 bridgehead atoms. The summed E-state index contributed by atoms with van der Waals surface area (Å²) < 4.78 is 44.7. The van der Waals surface area contributed by atoms with Gasteiger partial charge in [-0.05, 0) is 37.8 Å². The monoisotopic (exact) mass is 437 g/mol. The summed E-state index contributed by atoms with van der Waals surface area (Å²) in [6.45, 7) is 1.59. The second-order valence-corrected chi connectivity index (χ2v) is 9.10. The average molecular weight is 437 g/mol. The zero-order valence-electron chi connectivity index (χ0n) is 15.9. The van der Waals surface area contributed by atoms with Gasteiger partial charge >= 0.3 is 5.69 Å². The minimum atomic E-state index is -3.25. The number of nitrogens with two attached hydrogens (primary N) is 1. The Hall–Kier alpha value is -2.59. The Bertz CT molecular complexity index is 1340. The lowest BCUT2D eigenvalue weighted by Gasteiger charge is -2.27. The number of nitrogens with one attached hydrogen (secondary N) is 1. The molecule has 2 aliphatic carbocycles. The highest BCUT2D eigenvalue weighted by Crippen LogP contribution is 2.48. The third-order valence-electron chi connectivity index (χ3n) is 5.98. The van der Waals surface area contributed by atoms with Crippen LogP contribution in [0.1, 0.15) is 47.4 Å². The predicted molar refractivity (Wildman–Crippen MR) is 108 cm³/mol. The van der Waals surface area contributed by atoms with E-state index in [0.29, 0.717) is 15.3 Å². The van der Waals surface area contributed by atoms with Crippen LogP contribution in [-0.4, -0.2) is 20.6 Å². The van der Waals surface area contributed by atoms with E-state index in [1.807, 2.05) is 0 Å². The molecule has 5 rings (SSSR count). The maximum Gasteiger partial charge on any atom is 0.329 e. The van der Waals surface area contributed by atoms with Crippen molar-refractivity contribution in [2.45, 2.75) is 50.7 Å². The van der Waals surface area contributed by atoms with Crippen LogP contribution in [0, 0.1) is 12.7 Å². The van der Waals surface area contributed by atoms with Gasteiger partial charge in [0.05, 0.1) is 16.6 Å². The number of hydrogen-bond acceptors (Lipinski definition) is 5. The van der Waals surface area contributed by atoms with E-state index in [1.54, 1.807) is 6.92 Å². The van der Waals surface area contributed by atoms with Gasteiger partial charge in [0.25, 0.3) is 11.5 Å². The number of H-pyrrole nitrogens is 1. The maximum absolute atomic E-state index is 15.4. The molecule has 1 aromatic carbocycles. The lowest BCUT2D eigenvalue weighted by atomic mass is 9.91. The van der Waals surface area contributed by atoms with Crippen LogP contribution in [0.2, 0.25) is 0 Å². The highest BCUT2D eigenvalue weighted by atomic mass is 32.1. The first-order chi connectivity index (χ1) is 14.1. The molecule has 0 radical (unpaired) electrons. The van der Waals surface area contributed by atoms with Crippen molar-refractivity contribution >= 4 is 27.9 Å². The number of aromatic amines is 1. The summed E-state index contributed by atoms with van der Waals surface area (Å²) in [4.78, 5) is 28.0. The first kappa shape index (κ1) is 19.4. The number of nitrogens with zero attached hydrogens (tertiary/aromatic N) is 1. The lowest BCUT2D eigenvalue weighted by molar-refractivity contribution is -0.121. The molecule has 0 saturated heterocycles. The molecule has 1 saturated carbocycles. The molecule has 2 aromatic heterocycles. The highest BCUT2D eigenvalue weighted by Gasteiger charge is 2.44. The molecule has 10 heteroatoms. The van der Waals surface area contributed by atoms with Crippen LogP contribution < -0.4 is 17.0 Å². The van der Waals surface area contributed by atoms with Crippen LogP contribution in [0.25, 0.3) is 21.3 Å². The Morgan fingerprint density at radius 1 is 1.33 bits per heavy atom. The number of anilines is 1. The van der Waals surface area contributed by atoms with Crippen molar-refractivity contribution in [3.63, 3.8) is 0 Å². The van der Waals surface area contributed by atoms with Gasteiger partial charge in [-0.25, -0.2) is 18.0 Å². The number of halogens is 3. The summed E-state index contributed by atoms with van der Waals surface area (Å²) in [6, 6.07) is 1.26. The first-order valence-electron chi connectivity index (χ1n) is 9.56. The first-order valence-corrected chi connectivity index (χ1v) is 10.4. The number of thiophene rings is 1. The number of aryl methyl sites for hydroxylation is 2. The SMILES string of the molecule is Cc1c(-c2cc3c(s2)CCC(F)(F)C3O)c(F)c(N)c2c(=O)[nH]c(=O)n(C3CC3)c12. The number of aliphatic hydroxyl groups is 1. The number of aliphatic hydroxyl groups excluding tert-OH is 1. The van der Waals surface area contributed by atoms with Crippen molar-refractivity contribution in [3.05, 3.63) is 48.7 Å². The number of alkyl halides is 2. The second-order valence-electron chi connectivity index (χ2n) is 7.96. The number of rotatable bonds is 2. The molecular formula is C20H18F3N3O3S. The Morgan fingerprint density at radius 3 is 2.70 bits per heavy atom. The standard InChI is InChI=1S/C20H18F3N3O3S/c1-7-12(11-6-9-10(30-11)4-5-20(22,23)17(9)27)14(21)15(24)13-16(7)26(8-2-3-8)19(29)25-18(13)28/h6,8,17,27H,2-5,24H2,1H3,(H,25,28,29). The molecule has 2 heterocycles. The molecule has 0 amide bonds. The molecule has 1 fully saturated rings. The van der Waals surface area contributed by atoms with Gasteiger partial charge in [0.15, 0.2) is 5.82 Å². The van der Waals surface area contributed by atoms with Gasteiger partial charge in [-0.2, -0.15) is 0 Å². The van der Waals surface area contributed by atoms with E-state index in [-0.39, 0.29) is 34.5 Å². The van der Waals surface area contributed by atoms with Crippen LogP contribution in [0.3, 0.4) is 0 Å². The van der Waals surface area contributed by atoms with Crippen molar-refractivity contribution in [1.82, 2.24) is 9.55 Å². The van der Waals surface area contributed by atoms with Crippen molar-refractivity contribution in [1.29, 1.82) is 0 Å². The number of hydrogen-bond donors (Lipinski definition) is 3.